The lowest BCUT2D eigenvalue weighted by Gasteiger charge is -2.18. The number of aromatic amines is 1. The fraction of sp³-hybridized carbons (Fsp3) is 0.217. The van der Waals surface area contributed by atoms with Gasteiger partial charge in [0, 0.05) is 72.4 Å². The van der Waals surface area contributed by atoms with Crippen molar-refractivity contribution in [2.75, 3.05) is 18.8 Å². The number of hydrogen-bond acceptors (Lipinski definition) is 5. The first kappa shape index (κ1) is 19.8. The molecule has 4 aromatic rings. The number of nitrogen functional groups attached to an aromatic ring is 1. The Morgan fingerprint density at radius 3 is 2.88 bits per heavy atom. The third-order valence-corrected chi connectivity index (χ3v) is 5.81. The number of amides is 2. The van der Waals surface area contributed by atoms with Gasteiger partial charge in [0.25, 0.3) is 11.8 Å². The van der Waals surface area contributed by atoms with Crippen LogP contribution in [0.4, 0.5) is 5.82 Å². The number of nitrogens with zero attached hydrogens (tertiary/aromatic N) is 4. The van der Waals surface area contributed by atoms with Crippen LogP contribution in [0.25, 0.3) is 22.0 Å². The minimum atomic E-state index is -0.297. The maximum Gasteiger partial charge on any atom is 0.255 e. The Labute approximate surface area is 184 Å². The van der Waals surface area contributed by atoms with Crippen LogP contribution in [0.5, 0.6) is 0 Å². The van der Waals surface area contributed by atoms with Gasteiger partial charge in [-0.05, 0) is 36.8 Å². The summed E-state index contributed by atoms with van der Waals surface area (Å²) in [7, 11) is 1.82. The Morgan fingerprint density at radius 2 is 2.06 bits per heavy atom. The lowest BCUT2D eigenvalue weighted by Crippen LogP contribution is -2.38. The molecule has 1 atom stereocenters. The van der Waals surface area contributed by atoms with Crippen molar-refractivity contribution >= 4 is 28.5 Å². The molecule has 1 aromatic carbocycles. The number of nitrogens with two attached hydrogens (primary N) is 1. The second-order valence-electron chi connectivity index (χ2n) is 8.05. The number of nitrogens with one attached hydrogen (secondary N) is 2. The number of likely N-dealkylation sites (tertiary alicyclic amines) is 1. The van der Waals surface area contributed by atoms with Crippen molar-refractivity contribution < 1.29 is 9.59 Å². The number of pyridine rings is 1. The summed E-state index contributed by atoms with van der Waals surface area (Å²) in [5.74, 6) is -0.167. The molecule has 1 fully saturated rings. The van der Waals surface area contributed by atoms with E-state index in [0.717, 1.165) is 22.0 Å². The second kappa shape index (κ2) is 7.84. The molecule has 1 aliphatic heterocycles. The first-order chi connectivity index (χ1) is 15.5. The van der Waals surface area contributed by atoms with Gasteiger partial charge in [0.2, 0.25) is 0 Å². The van der Waals surface area contributed by atoms with Gasteiger partial charge in [-0.3, -0.25) is 14.3 Å². The third-order valence-electron chi connectivity index (χ3n) is 5.81. The number of hydrogen-bond donors (Lipinski definition) is 3. The predicted molar refractivity (Wildman–Crippen MR) is 121 cm³/mol. The van der Waals surface area contributed by atoms with Gasteiger partial charge in [-0.25, -0.2) is 4.98 Å². The molecule has 1 unspecified atom stereocenters. The number of aryl methyl sites for hydroxylation is 1. The molecular formula is C23H23N7O2. The SMILES string of the molecule is Cn1cc(-c2cnc(N)c(C(=O)NC3CCN(C(=O)c4ccc5[nH]ccc5c4)C3)c2)cn1. The van der Waals surface area contributed by atoms with E-state index in [2.05, 4.69) is 20.4 Å². The number of H-pyrrole nitrogens is 1. The lowest BCUT2D eigenvalue weighted by atomic mass is 10.1. The molecule has 9 heteroatoms. The van der Waals surface area contributed by atoms with Crippen LogP contribution in [0, 0.1) is 0 Å². The molecule has 2 amide bonds. The first-order valence-corrected chi connectivity index (χ1v) is 10.4. The van der Waals surface area contributed by atoms with Crippen LogP contribution in [0.2, 0.25) is 0 Å². The zero-order valence-corrected chi connectivity index (χ0v) is 17.6. The highest BCUT2D eigenvalue weighted by atomic mass is 16.2. The molecule has 0 spiro atoms. The van der Waals surface area contributed by atoms with Gasteiger partial charge in [-0.15, -0.1) is 0 Å². The first-order valence-electron chi connectivity index (χ1n) is 10.4. The fourth-order valence-electron chi connectivity index (χ4n) is 4.08. The van der Waals surface area contributed by atoms with Gasteiger partial charge in [0.05, 0.1) is 11.8 Å². The molecule has 1 aliphatic rings. The molecular weight excluding hydrogens is 406 g/mol. The normalized spacial score (nSPS) is 15.9. The molecule has 4 N–H and O–H groups in total. The second-order valence-corrected chi connectivity index (χ2v) is 8.05. The van der Waals surface area contributed by atoms with Crippen LogP contribution >= 0.6 is 0 Å². The van der Waals surface area contributed by atoms with Gasteiger partial charge >= 0.3 is 0 Å². The van der Waals surface area contributed by atoms with Crippen LogP contribution in [0.3, 0.4) is 0 Å². The maximum atomic E-state index is 12.9. The Balaban J connectivity index is 1.27. The van der Waals surface area contributed by atoms with Gasteiger partial charge < -0.3 is 20.9 Å². The molecule has 9 nitrogen and oxygen atoms in total. The highest BCUT2D eigenvalue weighted by molar-refractivity contribution is 6.00. The van der Waals surface area contributed by atoms with E-state index in [1.54, 1.807) is 28.0 Å². The average Bonchev–Trinajstić information content (AvgIpc) is 3.54. The summed E-state index contributed by atoms with van der Waals surface area (Å²) < 4.78 is 1.68. The van der Waals surface area contributed by atoms with E-state index in [1.807, 2.05) is 43.7 Å². The van der Waals surface area contributed by atoms with Crippen molar-refractivity contribution in [2.24, 2.45) is 7.05 Å². The van der Waals surface area contributed by atoms with E-state index >= 15 is 0 Å². The van der Waals surface area contributed by atoms with Gasteiger partial charge in [0.15, 0.2) is 0 Å². The number of benzene rings is 1. The number of fused-ring (bicyclic) bond motifs is 1. The van der Waals surface area contributed by atoms with E-state index in [0.29, 0.717) is 30.6 Å². The maximum absolute atomic E-state index is 12.9. The number of carbonyl (C=O) groups excluding carboxylic acids is 2. The molecule has 0 radical (unpaired) electrons. The van der Waals surface area contributed by atoms with Gasteiger partial charge in [-0.2, -0.15) is 5.10 Å². The third kappa shape index (κ3) is 3.68. The van der Waals surface area contributed by atoms with E-state index in [1.165, 1.54) is 0 Å². The molecule has 162 valence electrons. The summed E-state index contributed by atoms with van der Waals surface area (Å²) in [6.07, 6.45) is 7.71. The predicted octanol–water partition coefficient (Wildman–Crippen LogP) is 2.19. The van der Waals surface area contributed by atoms with Crippen LogP contribution in [-0.4, -0.2) is 55.6 Å². The van der Waals surface area contributed by atoms with E-state index in [9.17, 15) is 9.59 Å². The van der Waals surface area contributed by atoms with E-state index < -0.39 is 0 Å². The van der Waals surface area contributed by atoms with Crippen molar-refractivity contribution in [2.45, 2.75) is 12.5 Å². The topological polar surface area (TPSA) is 122 Å². The zero-order valence-electron chi connectivity index (χ0n) is 17.6. The monoisotopic (exact) mass is 429 g/mol. The Kier molecular flexibility index (Phi) is 4.85. The molecule has 1 saturated heterocycles. The van der Waals surface area contributed by atoms with Crippen molar-refractivity contribution in [3.63, 3.8) is 0 Å². The number of carbonyl (C=O) groups is 2. The van der Waals surface area contributed by atoms with Crippen LogP contribution < -0.4 is 11.1 Å². The Morgan fingerprint density at radius 1 is 1.19 bits per heavy atom. The van der Waals surface area contributed by atoms with Crippen LogP contribution in [0.15, 0.2) is 55.1 Å². The van der Waals surface area contributed by atoms with Gasteiger partial charge in [-0.1, -0.05) is 0 Å². The van der Waals surface area contributed by atoms with Crippen molar-refractivity contribution in [3.05, 3.63) is 66.2 Å². The van der Waals surface area contributed by atoms with E-state index in [4.69, 9.17) is 5.73 Å². The fourth-order valence-corrected chi connectivity index (χ4v) is 4.08. The Hall–Kier alpha value is -4.14. The summed E-state index contributed by atoms with van der Waals surface area (Å²) in [4.78, 5) is 34.9. The Bertz CT molecular complexity index is 1320. The quantitative estimate of drug-likeness (QED) is 0.459. The zero-order chi connectivity index (χ0) is 22.2. The van der Waals surface area contributed by atoms with Crippen molar-refractivity contribution in [1.82, 2.24) is 30.0 Å². The van der Waals surface area contributed by atoms with Gasteiger partial charge in [0.1, 0.15) is 5.82 Å². The van der Waals surface area contributed by atoms with E-state index in [-0.39, 0.29) is 23.7 Å². The minimum Gasteiger partial charge on any atom is -0.383 e. The van der Waals surface area contributed by atoms with Crippen molar-refractivity contribution in [1.29, 1.82) is 0 Å². The summed E-state index contributed by atoms with van der Waals surface area (Å²) in [5.41, 5.74) is 9.54. The number of aromatic nitrogens is 4. The summed E-state index contributed by atoms with van der Waals surface area (Å²) in [6.45, 7) is 1.03. The summed E-state index contributed by atoms with van der Waals surface area (Å²) in [5, 5.41) is 8.15. The largest absolute Gasteiger partial charge is 0.383 e. The standard InChI is InChI=1S/C23H23N7O2/c1-29-12-17(11-27-29)16-9-19(21(24)26-10-16)22(31)28-18-5-7-30(13-18)23(32)15-2-3-20-14(8-15)4-6-25-20/h2-4,6,8-12,18,25H,5,7,13H2,1H3,(H2,24,26)(H,28,31). The summed E-state index contributed by atoms with van der Waals surface area (Å²) in [6, 6.07) is 9.13. The summed E-state index contributed by atoms with van der Waals surface area (Å²) >= 11 is 0. The molecule has 4 heterocycles. The molecule has 0 saturated carbocycles. The molecule has 3 aromatic heterocycles. The highest BCUT2D eigenvalue weighted by Crippen LogP contribution is 2.22. The average molecular weight is 429 g/mol. The number of anilines is 1. The van der Waals surface area contributed by atoms with Crippen molar-refractivity contribution in [3.8, 4) is 11.1 Å². The molecule has 0 bridgehead atoms. The lowest BCUT2D eigenvalue weighted by molar-refractivity contribution is 0.0783. The minimum absolute atomic E-state index is 0.0374. The molecule has 5 rings (SSSR count). The number of rotatable bonds is 4. The molecule has 32 heavy (non-hydrogen) atoms. The van der Waals surface area contributed by atoms with Crippen LogP contribution in [0.1, 0.15) is 27.1 Å². The molecule has 0 aliphatic carbocycles. The smallest absolute Gasteiger partial charge is 0.255 e. The van der Waals surface area contributed by atoms with Crippen LogP contribution in [-0.2, 0) is 7.05 Å². The highest BCUT2D eigenvalue weighted by Gasteiger charge is 2.29.